The van der Waals surface area contributed by atoms with Gasteiger partial charge in [-0.05, 0) is 167 Å². The van der Waals surface area contributed by atoms with Crippen LogP contribution < -0.4 is 0 Å². The van der Waals surface area contributed by atoms with Crippen LogP contribution in [0, 0.1) is 47.3 Å². The quantitative estimate of drug-likeness (QED) is 0.0684. The summed E-state index contributed by atoms with van der Waals surface area (Å²) in [6, 6.07) is 10.8. The largest absolute Gasteiger partial charge is 0.143 e. The third-order valence-electron chi connectivity index (χ3n) is 15.2. The maximum absolute atomic E-state index is 2.83. The Morgan fingerprint density at radius 2 is 0.638 bits per heavy atom. The lowest BCUT2D eigenvalue weighted by atomic mass is 9.67. The van der Waals surface area contributed by atoms with Crippen LogP contribution >= 0.6 is 22.7 Å². The summed E-state index contributed by atoms with van der Waals surface area (Å²) in [6.07, 6.45) is 27.0. The molecule has 0 radical (unpaired) electrons. The molecule has 58 heavy (non-hydrogen) atoms. The van der Waals surface area contributed by atoms with Gasteiger partial charge in [0.15, 0.2) is 0 Å². The van der Waals surface area contributed by atoms with Crippen molar-refractivity contribution in [3.8, 4) is 20.9 Å². The van der Waals surface area contributed by atoms with Crippen molar-refractivity contribution in [2.75, 3.05) is 0 Å². The highest BCUT2D eigenvalue weighted by Crippen LogP contribution is 2.63. The molecule has 0 aliphatic heterocycles. The lowest BCUT2D eigenvalue weighted by Gasteiger charge is -2.36. The summed E-state index contributed by atoms with van der Waals surface area (Å²) in [5.41, 5.74) is 10.3. The van der Waals surface area contributed by atoms with E-state index in [0.717, 1.165) is 47.3 Å². The highest BCUT2D eigenvalue weighted by atomic mass is 32.1. The summed E-state index contributed by atoms with van der Waals surface area (Å²) in [5.74, 6) is 6.35. The molecule has 0 fully saturated rings. The van der Waals surface area contributed by atoms with Crippen molar-refractivity contribution in [3.63, 3.8) is 0 Å². The van der Waals surface area contributed by atoms with Gasteiger partial charge in [0.1, 0.15) is 0 Å². The number of hydrogen-bond acceptors (Lipinski definition) is 2. The van der Waals surface area contributed by atoms with Gasteiger partial charge < -0.3 is 0 Å². The molecule has 2 heteroatoms. The molecule has 0 spiro atoms. The number of hydrogen-bond donors (Lipinski definition) is 0. The predicted octanol–water partition coefficient (Wildman–Crippen LogP) is 19.3. The first-order valence-electron chi connectivity index (χ1n) is 25.0. The molecular weight excluding hydrogens is 737 g/mol. The monoisotopic (exact) mass is 827 g/mol. The molecule has 2 aliphatic rings. The Kier molecular flexibility index (Phi) is 18.2. The average molecular weight is 827 g/mol. The zero-order chi connectivity index (χ0) is 42.0. The number of fused-ring (bicyclic) bond motifs is 6. The van der Waals surface area contributed by atoms with Gasteiger partial charge in [0.05, 0.1) is 0 Å². The molecule has 5 rings (SSSR count). The Bertz CT molecular complexity index is 1470. The van der Waals surface area contributed by atoms with Crippen molar-refractivity contribution in [2.24, 2.45) is 47.3 Å². The van der Waals surface area contributed by atoms with E-state index >= 15 is 0 Å². The standard InChI is InChI=1S/C56H90S2/c1-39(2)17-13-21-43(9)25-31-55(32-26-44(10)22-14-18-40(3)4)49-29-35-57-53(49)47-38-52-48(37-51(47)55)54-50(30-36-58-54)56(52,33-27-45(11)23-15-19-41(5)6)34-28-46(12)24-16-20-42(7)8/h29-30,35-46H,13-28,31-34H2,1-12H3. The first-order valence-corrected chi connectivity index (χ1v) is 26.8. The summed E-state index contributed by atoms with van der Waals surface area (Å²) in [7, 11) is 0. The summed E-state index contributed by atoms with van der Waals surface area (Å²) in [6.45, 7) is 29.4. The summed E-state index contributed by atoms with van der Waals surface area (Å²) in [5, 5.41) is 4.91. The topological polar surface area (TPSA) is 0 Å². The zero-order valence-electron chi connectivity index (χ0n) is 40.0. The van der Waals surface area contributed by atoms with E-state index in [4.69, 9.17) is 0 Å². The van der Waals surface area contributed by atoms with Gasteiger partial charge in [0.25, 0.3) is 0 Å². The third kappa shape index (κ3) is 12.0. The number of benzene rings is 1. The van der Waals surface area contributed by atoms with E-state index in [1.165, 1.54) is 128 Å². The van der Waals surface area contributed by atoms with E-state index in [1.807, 2.05) is 0 Å². The minimum absolute atomic E-state index is 0.136. The molecule has 0 nitrogen and oxygen atoms in total. The maximum Gasteiger partial charge on any atom is 0.0387 e. The molecule has 0 bridgehead atoms. The van der Waals surface area contributed by atoms with Crippen molar-refractivity contribution in [2.45, 2.75) is 222 Å². The summed E-state index contributed by atoms with van der Waals surface area (Å²) >= 11 is 4.11. The molecule has 0 saturated carbocycles. The molecule has 1 aromatic carbocycles. The number of rotatable bonds is 28. The lowest BCUT2D eigenvalue weighted by molar-refractivity contribution is 0.326. The molecule has 4 unspecified atom stereocenters. The summed E-state index contributed by atoms with van der Waals surface area (Å²) < 4.78 is 0. The minimum atomic E-state index is 0.136. The van der Waals surface area contributed by atoms with Crippen molar-refractivity contribution in [1.29, 1.82) is 0 Å². The van der Waals surface area contributed by atoms with Gasteiger partial charge in [-0.1, -0.05) is 160 Å². The van der Waals surface area contributed by atoms with Crippen LogP contribution in [-0.4, -0.2) is 0 Å². The van der Waals surface area contributed by atoms with Crippen LogP contribution in [0.5, 0.6) is 0 Å². The van der Waals surface area contributed by atoms with Gasteiger partial charge in [-0.15, -0.1) is 22.7 Å². The molecule has 0 N–H and O–H groups in total. The predicted molar refractivity (Wildman–Crippen MR) is 263 cm³/mol. The van der Waals surface area contributed by atoms with Crippen molar-refractivity contribution >= 4 is 22.7 Å². The number of thiophene rings is 2. The van der Waals surface area contributed by atoms with Crippen LogP contribution in [-0.2, 0) is 10.8 Å². The fourth-order valence-electron chi connectivity index (χ4n) is 11.2. The molecule has 0 amide bonds. The Balaban J connectivity index is 1.54. The van der Waals surface area contributed by atoms with Gasteiger partial charge in [-0.3, -0.25) is 0 Å². The Hall–Kier alpha value is -1.38. The van der Waals surface area contributed by atoms with Gasteiger partial charge in [0.2, 0.25) is 0 Å². The van der Waals surface area contributed by atoms with E-state index in [9.17, 15) is 0 Å². The van der Waals surface area contributed by atoms with Crippen LogP contribution in [0.2, 0.25) is 0 Å². The first-order chi connectivity index (χ1) is 27.7. The van der Waals surface area contributed by atoms with Crippen molar-refractivity contribution in [1.82, 2.24) is 0 Å². The van der Waals surface area contributed by atoms with Crippen molar-refractivity contribution in [3.05, 3.63) is 57.3 Å². The third-order valence-corrected chi connectivity index (χ3v) is 17.1. The fourth-order valence-corrected chi connectivity index (χ4v) is 13.3. The zero-order valence-corrected chi connectivity index (χ0v) is 41.7. The second kappa shape index (κ2) is 22.1. The van der Waals surface area contributed by atoms with Gasteiger partial charge in [-0.25, -0.2) is 0 Å². The van der Waals surface area contributed by atoms with Crippen molar-refractivity contribution < 1.29 is 0 Å². The second-order valence-corrected chi connectivity index (χ2v) is 24.1. The van der Waals surface area contributed by atoms with Gasteiger partial charge in [0, 0.05) is 20.6 Å². The lowest BCUT2D eigenvalue weighted by Crippen LogP contribution is -2.28. The Morgan fingerprint density at radius 3 is 0.897 bits per heavy atom. The van der Waals surface area contributed by atoms with E-state index < -0.39 is 0 Å². The smallest absolute Gasteiger partial charge is 0.0387 e. The van der Waals surface area contributed by atoms with Gasteiger partial charge >= 0.3 is 0 Å². The molecule has 4 atom stereocenters. The Morgan fingerprint density at radius 1 is 0.362 bits per heavy atom. The van der Waals surface area contributed by atoms with Gasteiger partial charge in [-0.2, -0.15) is 0 Å². The van der Waals surface area contributed by atoms with Crippen LogP contribution in [0.4, 0.5) is 0 Å². The molecule has 2 aliphatic carbocycles. The maximum atomic E-state index is 2.83. The summed E-state index contributed by atoms with van der Waals surface area (Å²) in [4.78, 5) is 3.23. The highest BCUT2D eigenvalue weighted by molar-refractivity contribution is 7.14. The molecule has 2 heterocycles. The highest BCUT2D eigenvalue weighted by Gasteiger charge is 2.49. The molecule has 326 valence electrons. The van der Waals surface area contributed by atoms with Crippen LogP contribution in [0.3, 0.4) is 0 Å². The second-order valence-electron chi connectivity index (χ2n) is 22.3. The molecular formula is C56H90S2. The molecule has 2 aromatic heterocycles. The first kappa shape index (κ1) is 47.7. The fraction of sp³-hybridized carbons (Fsp3) is 0.750. The van der Waals surface area contributed by atoms with E-state index in [2.05, 4.69) is 141 Å². The normalized spacial score (nSPS) is 20.6. The molecule has 0 saturated heterocycles. The van der Waals surface area contributed by atoms with Crippen LogP contribution in [0.15, 0.2) is 35.0 Å². The Labute approximate surface area is 368 Å². The van der Waals surface area contributed by atoms with E-state index in [1.54, 1.807) is 43.1 Å². The molecule has 3 aromatic rings. The van der Waals surface area contributed by atoms with E-state index in [0.29, 0.717) is 0 Å². The SMILES string of the molecule is CC(C)CCCC(C)CCC1(CCC(C)CCCC(C)C)c2cc3c(cc2-c2sccc21)C(CCC(C)CCCC(C)C)(CCC(C)CCCC(C)C)c1ccsc1-3. The van der Waals surface area contributed by atoms with Crippen LogP contribution in [0.1, 0.15) is 234 Å². The average Bonchev–Trinajstić information content (AvgIpc) is 3.93. The van der Waals surface area contributed by atoms with E-state index in [-0.39, 0.29) is 10.8 Å². The van der Waals surface area contributed by atoms with Crippen LogP contribution in [0.25, 0.3) is 20.9 Å². The minimum Gasteiger partial charge on any atom is -0.143 e.